The van der Waals surface area contributed by atoms with Crippen LogP contribution in [0.2, 0.25) is 5.02 Å². The van der Waals surface area contributed by atoms with E-state index in [1.807, 2.05) is 36.4 Å². The third-order valence-electron chi connectivity index (χ3n) is 4.85. The van der Waals surface area contributed by atoms with Crippen LogP contribution in [0.5, 0.6) is 0 Å². The lowest BCUT2D eigenvalue weighted by Gasteiger charge is -2.19. The van der Waals surface area contributed by atoms with Gasteiger partial charge in [-0.25, -0.2) is 8.42 Å². The van der Waals surface area contributed by atoms with Crippen molar-refractivity contribution in [3.05, 3.63) is 88.9 Å². The molecule has 0 aliphatic carbocycles. The molecule has 32 heavy (non-hydrogen) atoms. The van der Waals surface area contributed by atoms with E-state index in [9.17, 15) is 13.2 Å². The minimum Gasteiger partial charge on any atom is -0.351 e. The summed E-state index contributed by atoms with van der Waals surface area (Å²) in [6.07, 6.45) is 0.180. The zero-order valence-electron chi connectivity index (χ0n) is 16.7. The zero-order valence-corrected chi connectivity index (χ0v) is 19.1. The first kappa shape index (κ1) is 22.3. The Balaban J connectivity index is 1.59. The lowest BCUT2D eigenvalue weighted by molar-refractivity contribution is -0.122. The molecule has 4 aromatic rings. The number of nitrogens with zero attached hydrogens (tertiary/aromatic N) is 2. The summed E-state index contributed by atoms with van der Waals surface area (Å²) in [5.74, 6) is -0.457. The highest BCUT2D eigenvalue weighted by Gasteiger charge is 2.28. The molecule has 0 spiro atoms. The lowest BCUT2D eigenvalue weighted by atomic mass is 10.1. The molecule has 1 amide bonds. The lowest BCUT2D eigenvalue weighted by Crippen LogP contribution is -2.47. The van der Waals surface area contributed by atoms with Crippen molar-refractivity contribution in [1.29, 1.82) is 0 Å². The molecule has 1 aromatic heterocycles. The van der Waals surface area contributed by atoms with Crippen molar-refractivity contribution >= 4 is 50.3 Å². The van der Waals surface area contributed by atoms with E-state index < -0.39 is 22.0 Å². The van der Waals surface area contributed by atoms with E-state index in [1.165, 1.54) is 6.07 Å². The van der Waals surface area contributed by atoms with Gasteiger partial charge >= 0.3 is 0 Å². The van der Waals surface area contributed by atoms with E-state index in [1.54, 1.807) is 30.3 Å². The number of amides is 1. The van der Waals surface area contributed by atoms with Crippen LogP contribution in [-0.2, 0) is 27.8 Å². The van der Waals surface area contributed by atoms with Crippen LogP contribution in [0.3, 0.4) is 0 Å². The highest BCUT2D eigenvalue weighted by Crippen LogP contribution is 2.22. The van der Waals surface area contributed by atoms with E-state index in [4.69, 9.17) is 11.6 Å². The zero-order chi connectivity index (χ0) is 22.6. The predicted octanol–water partition coefficient (Wildman–Crippen LogP) is 3.55. The van der Waals surface area contributed by atoms with E-state index >= 15 is 0 Å². The van der Waals surface area contributed by atoms with Crippen molar-refractivity contribution in [2.24, 2.45) is 0 Å². The van der Waals surface area contributed by atoms with Crippen molar-refractivity contribution in [3.8, 4) is 0 Å². The van der Waals surface area contributed by atoms with Crippen molar-refractivity contribution in [2.45, 2.75) is 23.9 Å². The van der Waals surface area contributed by atoms with Gasteiger partial charge in [-0.3, -0.25) is 4.79 Å². The van der Waals surface area contributed by atoms with Crippen LogP contribution in [0, 0.1) is 0 Å². The number of aromatic nitrogens is 2. The quantitative estimate of drug-likeness (QED) is 0.396. The van der Waals surface area contributed by atoms with Crippen molar-refractivity contribution < 1.29 is 13.2 Å². The maximum atomic E-state index is 13.2. The van der Waals surface area contributed by atoms with Crippen molar-refractivity contribution in [2.75, 3.05) is 0 Å². The van der Waals surface area contributed by atoms with Gasteiger partial charge in [0.05, 0.1) is 11.7 Å². The van der Waals surface area contributed by atoms with E-state index in [0.29, 0.717) is 10.5 Å². The predicted molar refractivity (Wildman–Crippen MR) is 125 cm³/mol. The summed E-state index contributed by atoms with van der Waals surface area (Å²) in [6, 6.07) is 20.1. The fourth-order valence-corrected chi connectivity index (χ4v) is 5.40. The second-order valence-corrected chi connectivity index (χ2v) is 9.68. The highest BCUT2D eigenvalue weighted by molar-refractivity contribution is 7.89. The monoisotopic (exact) mass is 486 g/mol. The third-order valence-corrected chi connectivity index (χ3v) is 7.26. The molecule has 1 unspecified atom stereocenters. The molecule has 164 valence electrons. The Morgan fingerprint density at radius 3 is 2.50 bits per heavy atom. The van der Waals surface area contributed by atoms with Gasteiger partial charge in [0.2, 0.25) is 15.9 Å². The molecule has 1 heterocycles. The Bertz CT molecular complexity index is 1340. The van der Waals surface area contributed by atoms with E-state index in [-0.39, 0.29) is 23.4 Å². The van der Waals surface area contributed by atoms with Crippen LogP contribution in [-0.4, -0.2) is 29.1 Å². The normalized spacial score (nSPS) is 12.5. The first-order valence-corrected chi connectivity index (χ1v) is 12.3. The summed E-state index contributed by atoms with van der Waals surface area (Å²) in [5.41, 5.74) is 2.32. The molecular formula is C22H19ClN4O3S2. The number of rotatable bonds is 8. The van der Waals surface area contributed by atoms with Gasteiger partial charge in [-0.05, 0) is 35.7 Å². The molecule has 2 N–H and O–H groups in total. The molecule has 0 radical (unpaired) electrons. The summed E-state index contributed by atoms with van der Waals surface area (Å²) < 4.78 is 37.2. The Morgan fingerprint density at radius 1 is 0.969 bits per heavy atom. The highest BCUT2D eigenvalue weighted by atomic mass is 35.5. The van der Waals surface area contributed by atoms with Crippen molar-refractivity contribution in [3.63, 3.8) is 0 Å². The molecule has 0 aliphatic rings. The third kappa shape index (κ3) is 5.13. The number of hydrogen-bond donors (Lipinski definition) is 2. The molecule has 0 bridgehead atoms. The smallest absolute Gasteiger partial charge is 0.243 e. The number of sulfonamides is 1. The minimum atomic E-state index is -4.04. The first-order chi connectivity index (χ1) is 15.4. The molecule has 7 nitrogen and oxygen atoms in total. The fourth-order valence-electron chi connectivity index (χ4n) is 3.23. The molecular weight excluding hydrogens is 468 g/mol. The number of benzene rings is 3. The van der Waals surface area contributed by atoms with Crippen LogP contribution in [0.1, 0.15) is 11.1 Å². The Kier molecular flexibility index (Phi) is 6.80. The average molecular weight is 487 g/mol. The second-order valence-electron chi connectivity index (χ2n) is 7.06. The van der Waals surface area contributed by atoms with Gasteiger partial charge in [0.15, 0.2) is 0 Å². The summed E-state index contributed by atoms with van der Waals surface area (Å²) >= 11 is 7.11. The van der Waals surface area contributed by atoms with Crippen LogP contribution < -0.4 is 10.0 Å². The molecule has 4 rings (SSSR count). The summed E-state index contributed by atoms with van der Waals surface area (Å²) in [5, 5.41) is 3.31. The standard InChI is InChI=1S/C22H19ClN4O3S2/c23-17-10-5-4-9-16(17)14-24-22(28)19(13-15-7-2-1-3-8-15)27-32(29,30)20-12-6-11-18-21(20)26-31-25-18/h1-12,19,27H,13-14H2,(H,24,28). The van der Waals surface area contributed by atoms with Gasteiger partial charge in [-0.15, -0.1) is 0 Å². The minimum absolute atomic E-state index is 0.0132. The Morgan fingerprint density at radius 2 is 1.72 bits per heavy atom. The van der Waals surface area contributed by atoms with Gasteiger partial charge in [0.1, 0.15) is 22.0 Å². The number of carbonyl (C=O) groups excluding carboxylic acids is 1. The molecule has 0 aliphatic heterocycles. The van der Waals surface area contributed by atoms with E-state index in [2.05, 4.69) is 18.8 Å². The first-order valence-electron chi connectivity index (χ1n) is 9.73. The summed E-state index contributed by atoms with van der Waals surface area (Å²) in [6.45, 7) is 0.178. The van der Waals surface area contributed by atoms with Crippen LogP contribution in [0.4, 0.5) is 0 Å². The summed E-state index contributed by atoms with van der Waals surface area (Å²) in [7, 11) is -4.04. The van der Waals surface area contributed by atoms with E-state index in [0.717, 1.165) is 22.9 Å². The molecule has 0 fully saturated rings. The number of fused-ring (bicyclic) bond motifs is 1. The van der Waals surface area contributed by atoms with Gasteiger partial charge in [0, 0.05) is 11.6 Å². The van der Waals surface area contributed by atoms with Gasteiger partial charge in [0.25, 0.3) is 0 Å². The topological polar surface area (TPSA) is 101 Å². The Hall–Kier alpha value is -2.85. The molecule has 0 saturated carbocycles. The number of hydrogen-bond acceptors (Lipinski definition) is 6. The fraction of sp³-hybridized carbons (Fsp3) is 0.136. The largest absolute Gasteiger partial charge is 0.351 e. The van der Waals surface area contributed by atoms with Crippen LogP contribution >= 0.6 is 23.3 Å². The molecule has 0 saturated heterocycles. The SMILES string of the molecule is O=C(NCc1ccccc1Cl)C(Cc1ccccc1)NS(=O)(=O)c1cccc2nsnc12. The second kappa shape index (κ2) is 9.74. The van der Waals surface area contributed by atoms with Crippen LogP contribution in [0.15, 0.2) is 77.7 Å². The molecule has 3 aromatic carbocycles. The van der Waals surface area contributed by atoms with Gasteiger partial charge < -0.3 is 5.32 Å². The van der Waals surface area contributed by atoms with Crippen LogP contribution in [0.25, 0.3) is 11.0 Å². The maximum absolute atomic E-state index is 13.2. The average Bonchev–Trinajstić information content (AvgIpc) is 3.27. The maximum Gasteiger partial charge on any atom is 0.243 e. The van der Waals surface area contributed by atoms with Gasteiger partial charge in [-0.2, -0.15) is 13.5 Å². The number of nitrogens with one attached hydrogen (secondary N) is 2. The number of carbonyl (C=O) groups is 1. The molecule has 10 heteroatoms. The number of halogens is 1. The molecule has 1 atom stereocenters. The van der Waals surface area contributed by atoms with Gasteiger partial charge in [-0.1, -0.05) is 66.2 Å². The summed E-state index contributed by atoms with van der Waals surface area (Å²) in [4.78, 5) is 13.0. The van der Waals surface area contributed by atoms with Crippen molar-refractivity contribution in [1.82, 2.24) is 18.8 Å². The Labute approximate surface area is 194 Å².